The lowest BCUT2D eigenvalue weighted by atomic mass is 10.2. The minimum Gasteiger partial charge on any atom is -0.459 e. The Kier molecular flexibility index (Phi) is 7.75. The lowest BCUT2D eigenvalue weighted by molar-refractivity contribution is -0.131. The third kappa shape index (κ3) is 5.92. The molecule has 0 fully saturated rings. The van der Waals surface area contributed by atoms with E-state index in [1.54, 1.807) is 17.0 Å². The molecular formula is C27H30N4O3. The van der Waals surface area contributed by atoms with E-state index in [0.717, 1.165) is 48.1 Å². The molecule has 0 bridgehead atoms. The number of aromatic nitrogens is 2. The highest BCUT2D eigenvalue weighted by atomic mass is 16.3. The largest absolute Gasteiger partial charge is 0.459 e. The molecule has 4 aromatic rings. The smallest absolute Gasteiger partial charge is 0.286 e. The molecule has 2 aromatic carbocycles. The standard InChI is InChI=1S/C27H30N4O3/c1-30(19-21-11-4-2-5-12-21)26(32)20-31-23-14-8-7-13-22(23)29-25(31)16-6-3-9-17-28-27(33)24-15-10-18-34-24/h2,4-5,7-8,10-15,18H,3,6,9,16-17,19-20H2,1H3,(H,28,33). The number of imidazole rings is 1. The Morgan fingerprint density at radius 2 is 1.76 bits per heavy atom. The first kappa shape index (κ1) is 23.3. The SMILES string of the molecule is CN(Cc1ccccc1)C(=O)Cn1c(CCCCCNC(=O)c2ccco2)nc2ccccc21. The first-order valence-corrected chi connectivity index (χ1v) is 11.7. The first-order chi connectivity index (χ1) is 16.6. The quantitative estimate of drug-likeness (QED) is 0.337. The van der Waals surface area contributed by atoms with Crippen molar-refractivity contribution in [3.05, 3.63) is 90.1 Å². The lowest BCUT2D eigenvalue weighted by Gasteiger charge is -2.19. The van der Waals surface area contributed by atoms with Crippen molar-refractivity contribution in [1.82, 2.24) is 19.8 Å². The summed E-state index contributed by atoms with van der Waals surface area (Å²) >= 11 is 0. The number of nitrogens with zero attached hydrogens (tertiary/aromatic N) is 3. The summed E-state index contributed by atoms with van der Waals surface area (Å²) in [6, 6.07) is 21.3. The molecule has 0 saturated heterocycles. The summed E-state index contributed by atoms with van der Waals surface area (Å²) < 4.78 is 7.14. The number of carbonyl (C=O) groups excluding carboxylic acids is 2. The molecule has 0 aliphatic carbocycles. The van der Waals surface area contributed by atoms with Crippen molar-refractivity contribution in [3.63, 3.8) is 0 Å². The molecule has 4 rings (SSSR count). The lowest BCUT2D eigenvalue weighted by Crippen LogP contribution is -2.30. The van der Waals surface area contributed by atoms with Crippen LogP contribution in [-0.4, -0.2) is 39.9 Å². The van der Waals surface area contributed by atoms with E-state index >= 15 is 0 Å². The second-order valence-corrected chi connectivity index (χ2v) is 8.38. The second kappa shape index (κ2) is 11.3. The van der Waals surface area contributed by atoms with Gasteiger partial charge in [-0.05, 0) is 42.7 Å². The normalized spacial score (nSPS) is 11.0. The summed E-state index contributed by atoms with van der Waals surface area (Å²) in [6.45, 7) is 1.43. The van der Waals surface area contributed by atoms with E-state index < -0.39 is 0 Å². The molecule has 2 amide bonds. The molecule has 0 radical (unpaired) electrons. The van der Waals surface area contributed by atoms with Crippen LogP contribution in [0.15, 0.2) is 77.4 Å². The van der Waals surface area contributed by atoms with Gasteiger partial charge in [0.2, 0.25) is 5.91 Å². The van der Waals surface area contributed by atoms with Crippen LogP contribution in [0.1, 0.15) is 41.2 Å². The van der Waals surface area contributed by atoms with E-state index in [-0.39, 0.29) is 18.4 Å². The molecule has 0 atom stereocenters. The van der Waals surface area contributed by atoms with E-state index in [2.05, 4.69) is 5.32 Å². The van der Waals surface area contributed by atoms with Gasteiger partial charge in [0, 0.05) is 26.6 Å². The van der Waals surface area contributed by atoms with Crippen molar-refractivity contribution in [1.29, 1.82) is 0 Å². The monoisotopic (exact) mass is 458 g/mol. The summed E-state index contributed by atoms with van der Waals surface area (Å²) in [4.78, 5) is 31.5. The predicted molar refractivity (Wildman–Crippen MR) is 131 cm³/mol. The van der Waals surface area contributed by atoms with Crippen molar-refractivity contribution >= 4 is 22.8 Å². The molecule has 0 unspecified atom stereocenters. The Bertz CT molecular complexity index is 1220. The zero-order chi connectivity index (χ0) is 23.8. The average Bonchev–Trinajstić information content (AvgIpc) is 3.51. The van der Waals surface area contributed by atoms with Gasteiger partial charge in [-0.1, -0.05) is 48.9 Å². The number of fused-ring (bicyclic) bond motifs is 1. The van der Waals surface area contributed by atoms with E-state index in [9.17, 15) is 9.59 Å². The fraction of sp³-hybridized carbons (Fsp3) is 0.296. The Balaban J connectivity index is 1.32. The fourth-order valence-electron chi connectivity index (χ4n) is 3.98. The van der Waals surface area contributed by atoms with Gasteiger partial charge in [-0.15, -0.1) is 0 Å². The van der Waals surface area contributed by atoms with Crippen molar-refractivity contribution in [2.45, 2.75) is 38.8 Å². The molecule has 1 N–H and O–H groups in total. The topological polar surface area (TPSA) is 80.4 Å². The van der Waals surface area contributed by atoms with Gasteiger partial charge in [0.1, 0.15) is 12.4 Å². The molecule has 176 valence electrons. The highest BCUT2D eigenvalue weighted by Gasteiger charge is 2.16. The van der Waals surface area contributed by atoms with Crippen LogP contribution in [0.5, 0.6) is 0 Å². The predicted octanol–water partition coefficient (Wildman–Crippen LogP) is 4.43. The zero-order valence-corrected chi connectivity index (χ0v) is 19.4. The van der Waals surface area contributed by atoms with Crippen molar-refractivity contribution in [3.8, 4) is 0 Å². The molecule has 2 aromatic heterocycles. The maximum Gasteiger partial charge on any atom is 0.286 e. The number of rotatable bonds is 11. The number of para-hydroxylation sites is 2. The molecule has 7 nitrogen and oxygen atoms in total. The molecule has 34 heavy (non-hydrogen) atoms. The zero-order valence-electron chi connectivity index (χ0n) is 19.4. The molecule has 0 aliphatic heterocycles. The number of hydrogen-bond acceptors (Lipinski definition) is 4. The Hall–Kier alpha value is -3.87. The third-order valence-electron chi connectivity index (χ3n) is 5.82. The minimum atomic E-state index is -0.190. The summed E-state index contributed by atoms with van der Waals surface area (Å²) in [7, 11) is 1.84. The van der Waals surface area contributed by atoms with Crippen LogP contribution in [0.4, 0.5) is 0 Å². The third-order valence-corrected chi connectivity index (χ3v) is 5.82. The summed E-state index contributed by atoms with van der Waals surface area (Å²) in [6.07, 6.45) is 5.00. The first-order valence-electron chi connectivity index (χ1n) is 11.7. The van der Waals surface area contributed by atoms with E-state index in [0.29, 0.717) is 18.8 Å². The highest BCUT2D eigenvalue weighted by Crippen LogP contribution is 2.18. The van der Waals surface area contributed by atoms with Crippen LogP contribution in [0.2, 0.25) is 0 Å². The van der Waals surface area contributed by atoms with Crippen LogP contribution in [0.3, 0.4) is 0 Å². The van der Waals surface area contributed by atoms with Gasteiger partial charge < -0.3 is 19.2 Å². The number of benzene rings is 2. The van der Waals surface area contributed by atoms with E-state index in [1.165, 1.54) is 6.26 Å². The molecular weight excluding hydrogens is 428 g/mol. The average molecular weight is 459 g/mol. The Morgan fingerprint density at radius 1 is 0.971 bits per heavy atom. The number of likely N-dealkylation sites (N-methyl/N-ethyl adjacent to an activating group) is 1. The van der Waals surface area contributed by atoms with Crippen LogP contribution in [0.25, 0.3) is 11.0 Å². The number of amides is 2. The van der Waals surface area contributed by atoms with Crippen LogP contribution in [-0.2, 0) is 24.3 Å². The second-order valence-electron chi connectivity index (χ2n) is 8.38. The maximum absolute atomic E-state index is 13.0. The highest BCUT2D eigenvalue weighted by molar-refractivity contribution is 5.91. The molecule has 0 aliphatic rings. The molecule has 7 heteroatoms. The Labute approximate surface area is 199 Å². The van der Waals surface area contributed by atoms with Crippen LogP contribution in [0, 0.1) is 0 Å². The van der Waals surface area contributed by atoms with Crippen molar-refractivity contribution in [2.24, 2.45) is 0 Å². The van der Waals surface area contributed by atoms with Gasteiger partial charge >= 0.3 is 0 Å². The van der Waals surface area contributed by atoms with E-state index in [4.69, 9.17) is 9.40 Å². The number of carbonyl (C=O) groups is 2. The van der Waals surface area contributed by atoms with Crippen LogP contribution < -0.4 is 5.32 Å². The summed E-state index contributed by atoms with van der Waals surface area (Å²) in [5, 5.41) is 2.87. The minimum absolute atomic E-state index is 0.0499. The van der Waals surface area contributed by atoms with Gasteiger partial charge in [-0.2, -0.15) is 0 Å². The van der Waals surface area contributed by atoms with Gasteiger partial charge in [-0.3, -0.25) is 9.59 Å². The van der Waals surface area contributed by atoms with E-state index in [1.807, 2.05) is 66.2 Å². The van der Waals surface area contributed by atoms with Crippen molar-refractivity contribution in [2.75, 3.05) is 13.6 Å². The van der Waals surface area contributed by atoms with Crippen molar-refractivity contribution < 1.29 is 14.0 Å². The number of unbranched alkanes of at least 4 members (excludes halogenated alkanes) is 2. The number of hydrogen-bond donors (Lipinski definition) is 1. The van der Waals surface area contributed by atoms with Gasteiger partial charge in [0.05, 0.1) is 17.3 Å². The molecule has 0 saturated carbocycles. The van der Waals surface area contributed by atoms with Crippen LogP contribution >= 0.6 is 0 Å². The van der Waals surface area contributed by atoms with Gasteiger partial charge in [0.15, 0.2) is 5.76 Å². The fourth-order valence-corrected chi connectivity index (χ4v) is 3.98. The van der Waals surface area contributed by atoms with Gasteiger partial charge in [0.25, 0.3) is 5.91 Å². The number of furan rings is 1. The van der Waals surface area contributed by atoms with Gasteiger partial charge in [-0.25, -0.2) is 4.98 Å². The summed E-state index contributed by atoms with van der Waals surface area (Å²) in [5.74, 6) is 1.11. The maximum atomic E-state index is 13.0. The summed E-state index contributed by atoms with van der Waals surface area (Å²) in [5.41, 5.74) is 2.99. The Morgan fingerprint density at radius 3 is 2.56 bits per heavy atom. The molecule has 2 heterocycles. The number of aryl methyl sites for hydroxylation is 1. The number of nitrogens with one attached hydrogen (secondary N) is 1. The molecule has 0 spiro atoms.